The Balaban J connectivity index is 1.54. The molecule has 8 nitrogen and oxygen atoms in total. The number of rotatable bonds is 3. The van der Waals surface area contributed by atoms with Crippen molar-refractivity contribution < 1.29 is 4.42 Å². The lowest BCUT2D eigenvalue weighted by molar-refractivity contribution is 0.392. The predicted octanol–water partition coefficient (Wildman–Crippen LogP) is 2.88. The van der Waals surface area contributed by atoms with Gasteiger partial charge in [-0.1, -0.05) is 35.2 Å². The standard InChI is InChI=1S/C21H17N6O2/c1-14-20(15-6-4-3-5-7-15)24-27(23-14)17-9-8-16-10-18(21(28)29-19(16)11-17)26-12-22-25(2)13-26/h3-11H,13H2,1-2H3/q+1. The first-order valence-corrected chi connectivity index (χ1v) is 9.11. The Kier molecular flexibility index (Phi) is 3.86. The fourth-order valence-electron chi connectivity index (χ4n) is 3.29. The molecule has 0 N–H and O–H groups in total. The highest BCUT2D eigenvalue weighted by Gasteiger charge is 2.29. The Labute approximate surface area is 166 Å². The van der Waals surface area contributed by atoms with E-state index in [0.29, 0.717) is 23.6 Å². The quantitative estimate of drug-likeness (QED) is 0.399. The molecule has 29 heavy (non-hydrogen) atoms. The van der Waals surface area contributed by atoms with Gasteiger partial charge in [-0.25, -0.2) is 9.80 Å². The lowest BCUT2D eigenvalue weighted by Crippen LogP contribution is -2.28. The fourth-order valence-corrected chi connectivity index (χ4v) is 3.29. The first-order valence-electron chi connectivity index (χ1n) is 9.11. The van der Waals surface area contributed by atoms with E-state index in [2.05, 4.69) is 21.6 Å². The molecule has 4 aromatic rings. The van der Waals surface area contributed by atoms with Crippen LogP contribution in [0.25, 0.3) is 27.9 Å². The minimum Gasteiger partial charge on any atom is -0.405 e. The van der Waals surface area contributed by atoms with Crippen LogP contribution in [-0.4, -0.2) is 40.1 Å². The molecule has 0 atom stereocenters. The SMILES string of the molecule is Cc1nn(-c2ccc3cc(N4[C+]=NN(C)C4)c(=O)oc3c2)nc1-c1ccccc1. The van der Waals surface area contributed by atoms with Crippen molar-refractivity contribution >= 4 is 23.0 Å². The molecule has 5 rings (SSSR count). The highest BCUT2D eigenvalue weighted by Crippen LogP contribution is 2.24. The first kappa shape index (κ1) is 17.1. The summed E-state index contributed by atoms with van der Waals surface area (Å²) in [5.74, 6) is 0. The van der Waals surface area contributed by atoms with E-state index in [1.807, 2.05) is 56.4 Å². The third-order valence-corrected chi connectivity index (χ3v) is 4.73. The second kappa shape index (κ2) is 6.54. The first-order chi connectivity index (χ1) is 14.1. The van der Waals surface area contributed by atoms with Crippen LogP contribution >= 0.6 is 0 Å². The molecule has 2 aromatic heterocycles. The molecular weight excluding hydrogens is 368 g/mol. The largest absolute Gasteiger partial charge is 0.448 e. The Morgan fingerprint density at radius 3 is 2.66 bits per heavy atom. The van der Waals surface area contributed by atoms with Crippen molar-refractivity contribution in [1.29, 1.82) is 0 Å². The summed E-state index contributed by atoms with van der Waals surface area (Å²) < 4.78 is 5.56. The van der Waals surface area contributed by atoms with Crippen LogP contribution in [0.15, 0.2) is 68.9 Å². The molecule has 0 aliphatic carbocycles. The van der Waals surface area contributed by atoms with Gasteiger partial charge < -0.3 is 4.42 Å². The number of benzene rings is 2. The average Bonchev–Trinajstić information content (AvgIpc) is 3.33. The summed E-state index contributed by atoms with van der Waals surface area (Å²) in [7, 11) is 1.81. The molecule has 2 aromatic carbocycles. The molecule has 8 heteroatoms. The second-order valence-corrected chi connectivity index (χ2v) is 6.86. The highest BCUT2D eigenvalue weighted by molar-refractivity contribution is 5.86. The van der Waals surface area contributed by atoms with Gasteiger partial charge in [-0.2, -0.15) is 9.90 Å². The van der Waals surface area contributed by atoms with Crippen molar-refractivity contribution in [3.63, 3.8) is 0 Å². The van der Waals surface area contributed by atoms with Crippen molar-refractivity contribution in [3.8, 4) is 16.9 Å². The van der Waals surface area contributed by atoms with Crippen molar-refractivity contribution in [2.24, 2.45) is 5.10 Å². The number of aryl methyl sites for hydroxylation is 1. The summed E-state index contributed by atoms with van der Waals surface area (Å²) in [5, 5.41) is 15.6. The Morgan fingerprint density at radius 1 is 1.07 bits per heavy atom. The van der Waals surface area contributed by atoms with E-state index < -0.39 is 5.63 Å². The summed E-state index contributed by atoms with van der Waals surface area (Å²) in [4.78, 5) is 15.7. The van der Waals surface area contributed by atoms with Crippen LogP contribution in [-0.2, 0) is 0 Å². The van der Waals surface area contributed by atoms with E-state index in [0.717, 1.165) is 22.3 Å². The zero-order chi connectivity index (χ0) is 20.0. The zero-order valence-corrected chi connectivity index (χ0v) is 15.9. The van der Waals surface area contributed by atoms with E-state index in [9.17, 15) is 4.79 Å². The zero-order valence-electron chi connectivity index (χ0n) is 15.9. The van der Waals surface area contributed by atoms with Crippen LogP contribution in [0.1, 0.15) is 5.69 Å². The molecule has 0 radical (unpaired) electrons. The van der Waals surface area contributed by atoms with E-state index in [1.165, 1.54) is 0 Å². The molecule has 1 aliphatic heterocycles. The molecule has 142 valence electrons. The van der Waals surface area contributed by atoms with Crippen molar-refractivity contribution in [3.05, 3.63) is 70.7 Å². The summed E-state index contributed by atoms with van der Waals surface area (Å²) in [6.45, 7) is 2.37. The number of fused-ring (bicyclic) bond motifs is 1. The van der Waals surface area contributed by atoms with Crippen LogP contribution in [0, 0.1) is 6.92 Å². The summed E-state index contributed by atoms with van der Waals surface area (Å²) in [5.41, 5.74) is 3.78. The number of hydrogen-bond donors (Lipinski definition) is 0. The average molecular weight is 385 g/mol. The minimum atomic E-state index is -0.442. The van der Waals surface area contributed by atoms with E-state index in [-0.39, 0.29) is 0 Å². The van der Waals surface area contributed by atoms with E-state index >= 15 is 0 Å². The molecule has 0 saturated carbocycles. The van der Waals surface area contributed by atoms with Gasteiger partial charge in [0.05, 0.1) is 17.4 Å². The van der Waals surface area contributed by atoms with Gasteiger partial charge in [0, 0.05) is 29.2 Å². The topological polar surface area (TPSA) is 79.8 Å². The Hall–Kier alpha value is -4.03. The Bertz CT molecular complexity index is 1290. The van der Waals surface area contributed by atoms with Gasteiger partial charge in [-0.3, -0.25) is 0 Å². The number of hydrazone groups is 1. The maximum Gasteiger partial charge on any atom is 0.448 e. The van der Waals surface area contributed by atoms with Gasteiger partial charge in [0.1, 0.15) is 11.3 Å². The van der Waals surface area contributed by atoms with Gasteiger partial charge in [0.15, 0.2) is 6.67 Å². The molecule has 0 amide bonds. The van der Waals surface area contributed by atoms with Crippen molar-refractivity contribution in [2.75, 3.05) is 18.6 Å². The molecule has 0 bridgehead atoms. The molecule has 0 spiro atoms. The van der Waals surface area contributed by atoms with Crippen LogP contribution < -0.4 is 10.5 Å². The molecule has 1 aliphatic rings. The van der Waals surface area contributed by atoms with E-state index in [4.69, 9.17) is 4.42 Å². The van der Waals surface area contributed by atoms with Gasteiger partial charge in [-0.05, 0) is 19.1 Å². The minimum absolute atomic E-state index is 0.401. The lowest BCUT2D eigenvalue weighted by atomic mass is 10.1. The van der Waals surface area contributed by atoms with Gasteiger partial charge in [0.25, 0.3) is 5.69 Å². The summed E-state index contributed by atoms with van der Waals surface area (Å²) in [6, 6.07) is 17.2. The maximum atomic E-state index is 12.5. The third-order valence-electron chi connectivity index (χ3n) is 4.73. The number of aromatic nitrogens is 3. The van der Waals surface area contributed by atoms with Gasteiger partial charge in [-0.15, -0.1) is 5.10 Å². The lowest BCUT2D eigenvalue weighted by Gasteiger charge is -2.05. The van der Waals surface area contributed by atoms with Crippen LogP contribution in [0.3, 0.4) is 0 Å². The highest BCUT2D eigenvalue weighted by atomic mass is 16.4. The number of hydrogen-bond acceptors (Lipinski definition) is 7. The summed E-state index contributed by atoms with van der Waals surface area (Å²) in [6.07, 6.45) is 2.79. The van der Waals surface area contributed by atoms with E-state index in [1.54, 1.807) is 26.8 Å². The molecule has 0 fully saturated rings. The molecular formula is C21H17N6O2+. The van der Waals surface area contributed by atoms with Gasteiger partial charge >= 0.3 is 12.0 Å². The van der Waals surface area contributed by atoms with Crippen molar-refractivity contribution in [1.82, 2.24) is 20.0 Å². The van der Waals surface area contributed by atoms with Gasteiger partial charge in [0.2, 0.25) is 0 Å². The van der Waals surface area contributed by atoms with Crippen LogP contribution in [0.2, 0.25) is 0 Å². The Morgan fingerprint density at radius 2 is 1.90 bits per heavy atom. The maximum absolute atomic E-state index is 12.5. The van der Waals surface area contributed by atoms with Crippen LogP contribution in [0.5, 0.6) is 0 Å². The smallest absolute Gasteiger partial charge is 0.405 e. The monoisotopic (exact) mass is 385 g/mol. The third kappa shape index (κ3) is 3.01. The number of nitrogens with zero attached hydrogens (tertiary/aromatic N) is 6. The molecule has 3 heterocycles. The number of anilines is 1. The molecule has 0 saturated heterocycles. The normalized spacial score (nSPS) is 13.3. The fraction of sp³-hybridized carbons (Fsp3) is 0.143. The van der Waals surface area contributed by atoms with Crippen molar-refractivity contribution in [2.45, 2.75) is 6.92 Å². The summed E-state index contributed by atoms with van der Waals surface area (Å²) >= 11 is 0. The predicted molar refractivity (Wildman–Crippen MR) is 110 cm³/mol. The molecule has 0 unspecified atom stereocenters. The second-order valence-electron chi connectivity index (χ2n) is 6.86. The van der Waals surface area contributed by atoms with Crippen LogP contribution in [0.4, 0.5) is 5.69 Å².